The Hall–Kier alpha value is -2.09. The van der Waals surface area contributed by atoms with Crippen LogP contribution in [-0.2, 0) is 6.18 Å². The summed E-state index contributed by atoms with van der Waals surface area (Å²) in [5.74, 6) is 0.310. The molecule has 110 valence electrons. The molecule has 0 bridgehead atoms. The van der Waals surface area contributed by atoms with Crippen molar-refractivity contribution in [3.63, 3.8) is 0 Å². The van der Waals surface area contributed by atoms with Gasteiger partial charge in [0.05, 0.1) is 21.0 Å². The molecule has 8 heteroatoms. The van der Waals surface area contributed by atoms with E-state index in [1.54, 1.807) is 0 Å². The molecule has 0 aromatic heterocycles. The van der Waals surface area contributed by atoms with Gasteiger partial charge in [0.25, 0.3) is 5.69 Å². The van der Waals surface area contributed by atoms with Gasteiger partial charge in [-0.05, 0) is 52.3 Å². The Morgan fingerprint density at radius 3 is 2.14 bits per heavy atom. The first-order valence-corrected chi connectivity index (χ1v) is 6.36. The zero-order chi connectivity index (χ0) is 15.6. The van der Waals surface area contributed by atoms with E-state index < -0.39 is 16.7 Å². The fourth-order valence-corrected chi connectivity index (χ4v) is 1.94. The van der Waals surface area contributed by atoms with Gasteiger partial charge in [-0.15, -0.1) is 0 Å². The number of nitro benzene ring substituents is 1. The van der Waals surface area contributed by atoms with Crippen molar-refractivity contribution in [3.05, 3.63) is 62.6 Å². The second-order valence-corrected chi connectivity index (χ2v) is 4.85. The lowest BCUT2D eigenvalue weighted by molar-refractivity contribution is -0.385. The molecule has 0 aliphatic rings. The standard InChI is InChI=1S/C13H7BrF3NO3/c14-11-6-5-10(7-12(11)18(19)20)21-9-3-1-8(2-4-9)13(15,16)17/h1-7H. The summed E-state index contributed by atoms with van der Waals surface area (Å²) in [4.78, 5) is 10.2. The van der Waals surface area contributed by atoms with Gasteiger partial charge in [0.15, 0.2) is 0 Å². The normalized spacial score (nSPS) is 11.2. The Bertz CT molecular complexity index is 671. The Morgan fingerprint density at radius 2 is 1.62 bits per heavy atom. The first-order chi connectivity index (χ1) is 9.77. The molecule has 4 nitrogen and oxygen atoms in total. The summed E-state index contributed by atoms with van der Waals surface area (Å²) in [5.41, 5.74) is -0.990. The minimum absolute atomic E-state index is 0.152. The van der Waals surface area contributed by atoms with E-state index in [0.717, 1.165) is 24.3 Å². The van der Waals surface area contributed by atoms with E-state index in [4.69, 9.17) is 4.74 Å². The average molecular weight is 362 g/mol. The smallest absolute Gasteiger partial charge is 0.416 e. The SMILES string of the molecule is O=[N+]([O-])c1cc(Oc2ccc(C(F)(F)F)cc2)ccc1Br. The quantitative estimate of drug-likeness (QED) is 0.559. The maximum absolute atomic E-state index is 12.4. The number of hydrogen-bond donors (Lipinski definition) is 0. The highest BCUT2D eigenvalue weighted by Crippen LogP contribution is 2.33. The van der Waals surface area contributed by atoms with Gasteiger partial charge >= 0.3 is 6.18 Å². The number of rotatable bonds is 3. The number of halogens is 4. The topological polar surface area (TPSA) is 52.4 Å². The van der Waals surface area contributed by atoms with E-state index in [-0.39, 0.29) is 21.7 Å². The molecule has 0 radical (unpaired) electrons. The molecular formula is C13H7BrF3NO3. The first kappa shape index (κ1) is 15.3. The van der Waals surface area contributed by atoms with Gasteiger partial charge in [-0.2, -0.15) is 13.2 Å². The van der Waals surface area contributed by atoms with Crippen LogP contribution >= 0.6 is 15.9 Å². The van der Waals surface area contributed by atoms with Crippen molar-refractivity contribution in [1.82, 2.24) is 0 Å². The second kappa shape index (κ2) is 5.72. The summed E-state index contributed by atoms with van der Waals surface area (Å²) >= 11 is 3.03. The molecule has 0 N–H and O–H groups in total. The number of alkyl halides is 3. The summed E-state index contributed by atoms with van der Waals surface area (Å²) in [6.07, 6.45) is -4.42. The van der Waals surface area contributed by atoms with Crippen LogP contribution in [0.2, 0.25) is 0 Å². The molecule has 2 aromatic rings. The predicted octanol–water partition coefficient (Wildman–Crippen LogP) is 5.17. The van der Waals surface area contributed by atoms with Crippen LogP contribution in [0, 0.1) is 10.1 Å². The first-order valence-electron chi connectivity index (χ1n) is 5.56. The lowest BCUT2D eigenvalue weighted by Crippen LogP contribution is -2.04. The van der Waals surface area contributed by atoms with Crippen LogP contribution in [0.3, 0.4) is 0 Å². The van der Waals surface area contributed by atoms with Crippen LogP contribution in [0.15, 0.2) is 46.9 Å². The lowest BCUT2D eigenvalue weighted by atomic mass is 10.2. The summed E-state index contributed by atoms with van der Waals surface area (Å²) in [7, 11) is 0. The van der Waals surface area contributed by atoms with E-state index >= 15 is 0 Å². The number of benzene rings is 2. The van der Waals surface area contributed by atoms with Crippen molar-refractivity contribution >= 4 is 21.6 Å². The highest BCUT2D eigenvalue weighted by molar-refractivity contribution is 9.10. The predicted molar refractivity (Wildman–Crippen MR) is 72.3 cm³/mol. The number of nitro groups is 1. The third kappa shape index (κ3) is 3.72. The van der Waals surface area contributed by atoms with Gasteiger partial charge in [0, 0.05) is 0 Å². The maximum atomic E-state index is 12.4. The molecule has 2 rings (SSSR count). The van der Waals surface area contributed by atoms with Crippen LogP contribution in [0.1, 0.15) is 5.56 Å². The average Bonchev–Trinajstić information content (AvgIpc) is 2.40. The largest absolute Gasteiger partial charge is 0.457 e. The van der Waals surface area contributed by atoms with Crippen LogP contribution in [-0.4, -0.2) is 4.92 Å². The molecule has 0 saturated carbocycles. The van der Waals surface area contributed by atoms with Crippen molar-refractivity contribution < 1.29 is 22.8 Å². The zero-order valence-electron chi connectivity index (χ0n) is 10.2. The third-order valence-electron chi connectivity index (χ3n) is 2.53. The van der Waals surface area contributed by atoms with Gasteiger partial charge < -0.3 is 4.74 Å². The van der Waals surface area contributed by atoms with E-state index in [1.165, 1.54) is 18.2 Å². The van der Waals surface area contributed by atoms with E-state index in [1.807, 2.05) is 0 Å². The highest BCUT2D eigenvalue weighted by Gasteiger charge is 2.30. The molecule has 0 amide bonds. The second-order valence-electron chi connectivity index (χ2n) is 3.99. The number of nitrogens with zero attached hydrogens (tertiary/aromatic N) is 1. The van der Waals surface area contributed by atoms with E-state index in [0.29, 0.717) is 0 Å². The molecule has 0 atom stereocenters. The molecule has 0 fully saturated rings. The van der Waals surface area contributed by atoms with Crippen molar-refractivity contribution in [2.24, 2.45) is 0 Å². The van der Waals surface area contributed by atoms with Crippen molar-refractivity contribution in [3.8, 4) is 11.5 Å². The van der Waals surface area contributed by atoms with Gasteiger partial charge in [0.1, 0.15) is 11.5 Å². The minimum atomic E-state index is -4.42. The molecule has 0 heterocycles. The molecular weight excluding hydrogens is 355 g/mol. The molecule has 0 aliphatic carbocycles. The fraction of sp³-hybridized carbons (Fsp3) is 0.0769. The minimum Gasteiger partial charge on any atom is -0.457 e. The number of hydrogen-bond acceptors (Lipinski definition) is 3. The van der Waals surface area contributed by atoms with Gasteiger partial charge in [-0.3, -0.25) is 10.1 Å². The molecule has 0 aliphatic heterocycles. The third-order valence-corrected chi connectivity index (χ3v) is 3.20. The van der Waals surface area contributed by atoms with Crippen molar-refractivity contribution in [1.29, 1.82) is 0 Å². The molecule has 0 saturated heterocycles. The maximum Gasteiger partial charge on any atom is 0.416 e. The van der Waals surface area contributed by atoms with Gasteiger partial charge in [-0.25, -0.2) is 0 Å². The van der Waals surface area contributed by atoms with Crippen LogP contribution in [0.5, 0.6) is 11.5 Å². The lowest BCUT2D eigenvalue weighted by Gasteiger charge is -2.09. The molecule has 0 spiro atoms. The van der Waals surface area contributed by atoms with Crippen LogP contribution in [0.25, 0.3) is 0 Å². The summed E-state index contributed by atoms with van der Waals surface area (Å²) < 4.78 is 42.8. The summed E-state index contributed by atoms with van der Waals surface area (Å²) in [6.45, 7) is 0. The summed E-state index contributed by atoms with van der Waals surface area (Å²) in [6, 6.07) is 8.13. The summed E-state index contributed by atoms with van der Waals surface area (Å²) in [5, 5.41) is 10.8. The Morgan fingerprint density at radius 1 is 1.05 bits per heavy atom. The van der Waals surface area contributed by atoms with Crippen LogP contribution in [0.4, 0.5) is 18.9 Å². The van der Waals surface area contributed by atoms with E-state index in [9.17, 15) is 23.3 Å². The Kier molecular flexibility index (Phi) is 4.17. The van der Waals surface area contributed by atoms with Gasteiger partial charge in [0.2, 0.25) is 0 Å². The number of ether oxygens (including phenoxy) is 1. The van der Waals surface area contributed by atoms with E-state index in [2.05, 4.69) is 15.9 Å². The Balaban J connectivity index is 2.22. The van der Waals surface area contributed by atoms with Crippen LogP contribution < -0.4 is 4.74 Å². The molecule has 2 aromatic carbocycles. The Labute approximate surface area is 125 Å². The highest BCUT2D eigenvalue weighted by atomic mass is 79.9. The zero-order valence-corrected chi connectivity index (χ0v) is 11.8. The monoisotopic (exact) mass is 361 g/mol. The molecule has 0 unspecified atom stereocenters. The van der Waals surface area contributed by atoms with Gasteiger partial charge in [-0.1, -0.05) is 0 Å². The van der Waals surface area contributed by atoms with Crippen molar-refractivity contribution in [2.75, 3.05) is 0 Å². The van der Waals surface area contributed by atoms with Crippen molar-refractivity contribution in [2.45, 2.75) is 6.18 Å². The molecule has 21 heavy (non-hydrogen) atoms. The fourth-order valence-electron chi connectivity index (χ4n) is 1.54.